The summed E-state index contributed by atoms with van der Waals surface area (Å²) < 4.78 is 14.2. The first-order chi connectivity index (χ1) is 14.2. The molecule has 0 spiro atoms. The van der Waals surface area contributed by atoms with Crippen molar-refractivity contribution in [2.75, 3.05) is 0 Å². The standard InChI is InChI=1S/C24H26N2O3/c1-26-20(15-16-25-26)23-21(28-17-18-9-4-2-5-10-18)13-8-14-22(23)29-24(27)19-11-6-3-7-12-19/h2-7,9-12,15-16,21-23H,8,13-14,17H2,1H3. The van der Waals surface area contributed by atoms with Crippen molar-refractivity contribution < 1.29 is 14.3 Å². The maximum Gasteiger partial charge on any atom is 0.338 e. The second-order valence-electron chi connectivity index (χ2n) is 7.48. The van der Waals surface area contributed by atoms with Crippen LogP contribution in [0, 0.1) is 0 Å². The summed E-state index contributed by atoms with van der Waals surface area (Å²) in [6, 6.07) is 21.3. The Morgan fingerprint density at radius 3 is 2.38 bits per heavy atom. The molecule has 0 bridgehead atoms. The number of carbonyl (C=O) groups is 1. The molecular formula is C24H26N2O3. The zero-order chi connectivity index (χ0) is 20.1. The van der Waals surface area contributed by atoms with Gasteiger partial charge in [0, 0.05) is 18.9 Å². The van der Waals surface area contributed by atoms with Gasteiger partial charge in [-0.2, -0.15) is 5.10 Å². The van der Waals surface area contributed by atoms with Crippen LogP contribution in [0.1, 0.15) is 46.8 Å². The monoisotopic (exact) mass is 390 g/mol. The highest BCUT2D eigenvalue weighted by Gasteiger charge is 2.39. The van der Waals surface area contributed by atoms with Gasteiger partial charge in [0.2, 0.25) is 0 Å². The maximum absolute atomic E-state index is 12.7. The third-order valence-electron chi connectivity index (χ3n) is 5.55. The number of ether oxygens (including phenoxy) is 2. The summed E-state index contributed by atoms with van der Waals surface area (Å²) >= 11 is 0. The lowest BCUT2D eigenvalue weighted by molar-refractivity contribution is -0.0551. The van der Waals surface area contributed by atoms with Gasteiger partial charge in [-0.05, 0) is 43.0 Å². The summed E-state index contributed by atoms with van der Waals surface area (Å²) in [5, 5.41) is 4.34. The molecule has 0 aliphatic heterocycles. The fourth-order valence-electron chi connectivity index (χ4n) is 4.09. The Balaban J connectivity index is 1.54. The third-order valence-corrected chi connectivity index (χ3v) is 5.55. The molecule has 1 aliphatic carbocycles. The summed E-state index contributed by atoms with van der Waals surface area (Å²) in [6.45, 7) is 0.541. The zero-order valence-electron chi connectivity index (χ0n) is 16.6. The number of nitrogens with zero attached hydrogens (tertiary/aromatic N) is 2. The number of esters is 1. The molecule has 0 N–H and O–H groups in total. The van der Waals surface area contributed by atoms with Crippen molar-refractivity contribution >= 4 is 5.97 Å². The topological polar surface area (TPSA) is 53.4 Å². The van der Waals surface area contributed by atoms with Crippen LogP contribution in [0.2, 0.25) is 0 Å². The highest BCUT2D eigenvalue weighted by atomic mass is 16.5. The first kappa shape index (κ1) is 19.4. The molecule has 29 heavy (non-hydrogen) atoms. The van der Waals surface area contributed by atoms with Crippen molar-refractivity contribution in [2.24, 2.45) is 7.05 Å². The van der Waals surface area contributed by atoms with E-state index in [-0.39, 0.29) is 24.1 Å². The minimum Gasteiger partial charge on any atom is -0.458 e. The Morgan fingerprint density at radius 2 is 1.69 bits per heavy atom. The Kier molecular flexibility index (Phi) is 6.06. The van der Waals surface area contributed by atoms with Crippen LogP contribution in [-0.4, -0.2) is 28.0 Å². The highest BCUT2D eigenvalue weighted by molar-refractivity contribution is 5.89. The fourth-order valence-corrected chi connectivity index (χ4v) is 4.09. The van der Waals surface area contributed by atoms with Crippen LogP contribution in [0.15, 0.2) is 72.9 Å². The van der Waals surface area contributed by atoms with E-state index < -0.39 is 0 Å². The molecule has 1 aliphatic rings. The van der Waals surface area contributed by atoms with Crippen LogP contribution in [0.5, 0.6) is 0 Å². The molecule has 1 saturated carbocycles. The maximum atomic E-state index is 12.7. The van der Waals surface area contributed by atoms with Gasteiger partial charge in [-0.15, -0.1) is 0 Å². The smallest absolute Gasteiger partial charge is 0.338 e. The summed E-state index contributed by atoms with van der Waals surface area (Å²) in [7, 11) is 1.92. The van der Waals surface area contributed by atoms with Gasteiger partial charge in [0.25, 0.3) is 0 Å². The largest absolute Gasteiger partial charge is 0.458 e. The molecule has 3 unspecified atom stereocenters. The SMILES string of the molecule is Cn1nccc1C1C(OCc2ccccc2)CCCC1OC(=O)c1ccccc1. The molecule has 0 amide bonds. The average Bonchev–Trinajstić information content (AvgIpc) is 3.19. The number of hydrogen-bond acceptors (Lipinski definition) is 4. The molecule has 5 nitrogen and oxygen atoms in total. The molecule has 4 rings (SSSR count). The minimum atomic E-state index is -0.286. The number of aryl methyl sites for hydroxylation is 1. The summed E-state index contributed by atoms with van der Waals surface area (Å²) in [6.07, 6.45) is 4.22. The molecule has 2 aromatic carbocycles. The van der Waals surface area contributed by atoms with E-state index in [9.17, 15) is 4.79 Å². The lowest BCUT2D eigenvalue weighted by Gasteiger charge is -2.37. The minimum absolute atomic E-state index is 0.0343. The zero-order valence-corrected chi connectivity index (χ0v) is 16.6. The van der Waals surface area contributed by atoms with E-state index in [4.69, 9.17) is 9.47 Å². The predicted octanol–water partition coefficient (Wildman–Crippen LogP) is 4.50. The number of aromatic nitrogens is 2. The van der Waals surface area contributed by atoms with Gasteiger partial charge in [0.1, 0.15) is 6.10 Å². The molecule has 3 aromatic rings. The number of carbonyl (C=O) groups excluding carboxylic acids is 1. The summed E-state index contributed by atoms with van der Waals surface area (Å²) in [5.74, 6) is -0.334. The van der Waals surface area contributed by atoms with Crippen molar-refractivity contribution in [3.05, 3.63) is 89.7 Å². The van der Waals surface area contributed by atoms with Gasteiger partial charge in [-0.1, -0.05) is 48.5 Å². The van der Waals surface area contributed by atoms with Crippen LogP contribution in [0.25, 0.3) is 0 Å². The number of rotatable bonds is 6. The van der Waals surface area contributed by atoms with Crippen molar-refractivity contribution in [1.29, 1.82) is 0 Å². The van der Waals surface area contributed by atoms with Crippen molar-refractivity contribution in [3.8, 4) is 0 Å². The first-order valence-electron chi connectivity index (χ1n) is 10.1. The van der Waals surface area contributed by atoms with E-state index in [0.29, 0.717) is 12.2 Å². The molecule has 1 heterocycles. The Bertz CT molecular complexity index is 924. The predicted molar refractivity (Wildman–Crippen MR) is 110 cm³/mol. The van der Waals surface area contributed by atoms with E-state index in [1.807, 2.05) is 54.2 Å². The van der Waals surface area contributed by atoms with Gasteiger partial charge in [-0.3, -0.25) is 4.68 Å². The molecule has 3 atom stereocenters. The van der Waals surface area contributed by atoms with Crippen LogP contribution >= 0.6 is 0 Å². The summed E-state index contributed by atoms with van der Waals surface area (Å²) in [5.41, 5.74) is 2.75. The average molecular weight is 390 g/mol. The van der Waals surface area contributed by atoms with E-state index in [1.165, 1.54) is 0 Å². The fraction of sp³-hybridized carbons (Fsp3) is 0.333. The van der Waals surface area contributed by atoms with E-state index >= 15 is 0 Å². The second kappa shape index (κ2) is 9.05. The lowest BCUT2D eigenvalue weighted by Crippen LogP contribution is -2.39. The summed E-state index contributed by atoms with van der Waals surface area (Å²) in [4.78, 5) is 12.7. The first-order valence-corrected chi connectivity index (χ1v) is 10.1. The normalized spacial score (nSPS) is 21.6. The molecule has 0 radical (unpaired) electrons. The Hall–Kier alpha value is -2.92. The van der Waals surface area contributed by atoms with Crippen molar-refractivity contribution in [2.45, 2.75) is 44.0 Å². The molecule has 1 aromatic heterocycles. The van der Waals surface area contributed by atoms with Gasteiger partial charge in [0.05, 0.1) is 24.2 Å². The molecule has 5 heteroatoms. The highest BCUT2D eigenvalue weighted by Crippen LogP contribution is 2.37. The Morgan fingerprint density at radius 1 is 1.00 bits per heavy atom. The van der Waals surface area contributed by atoms with Gasteiger partial charge in [0.15, 0.2) is 0 Å². The molecule has 150 valence electrons. The number of hydrogen-bond donors (Lipinski definition) is 0. The van der Waals surface area contributed by atoms with Crippen LogP contribution in [0.4, 0.5) is 0 Å². The van der Waals surface area contributed by atoms with Crippen LogP contribution in [-0.2, 0) is 23.1 Å². The molecular weight excluding hydrogens is 364 g/mol. The van der Waals surface area contributed by atoms with Gasteiger partial charge < -0.3 is 9.47 Å². The molecule has 1 fully saturated rings. The van der Waals surface area contributed by atoms with E-state index in [2.05, 4.69) is 17.2 Å². The third kappa shape index (κ3) is 4.57. The van der Waals surface area contributed by atoms with Gasteiger partial charge >= 0.3 is 5.97 Å². The van der Waals surface area contributed by atoms with Crippen molar-refractivity contribution in [1.82, 2.24) is 9.78 Å². The quantitative estimate of drug-likeness (QED) is 0.582. The van der Waals surface area contributed by atoms with Crippen molar-refractivity contribution in [3.63, 3.8) is 0 Å². The number of benzene rings is 2. The second-order valence-corrected chi connectivity index (χ2v) is 7.48. The van der Waals surface area contributed by atoms with Gasteiger partial charge in [-0.25, -0.2) is 4.79 Å². The van der Waals surface area contributed by atoms with Crippen LogP contribution in [0.3, 0.4) is 0 Å². The lowest BCUT2D eigenvalue weighted by atomic mass is 9.81. The van der Waals surface area contributed by atoms with E-state index in [0.717, 1.165) is 30.5 Å². The Labute approximate surface area is 171 Å². The van der Waals surface area contributed by atoms with Crippen LogP contribution < -0.4 is 0 Å². The van der Waals surface area contributed by atoms with E-state index in [1.54, 1.807) is 18.3 Å². The molecule has 0 saturated heterocycles.